The third kappa shape index (κ3) is 5.76. The molecule has 0 saturated carbocycles. The van der Waals surface area contributed by atoms with E-state index in [-0.39, 0.29) is 40.9 Å². The van der Waals surface area contributed by atoms with Gasteiger partial charge in [0.25, 0.3) is 5.91 Å². The number of para-hydroxylation sites is 1. The summed E-state index contributed by atoms with van der Waals surface area (Å²) in [7, 11) is 0. The molecule has 0 bridgehead atoms. The van der Waals surface area contributed by atoms with Crippen LogP contribution in [0.1, 0.15) is 39.3 Å². The predicted molar refractivity (Wildman–Crippen MR) is 144 cm³/mol. The number of pyridine rings is 1. The Morgan fingerprint density at radius 2 is 1.78 bits per heavy atom. The standard InChI is InChI=1S/C26H33N9O2/c1-15(2)30-23(24(28)37)22-21(27)25(33-26(32-22)35-11-9-34(10-12-35)17(4)36)31-16(3)19-13-18-7-5-6-8-20(18)29-14-19/h5-8,13-16,27,30H,9-12H2,1-4H3,(H2,28,37)(H,31,32,33)/b23-22+,27-21?. The first kappa shape index (κ1) is 25.8. The number of amidine groups is 1. The van der Waals surface area contributed by atoms with E-state index < -0.39 is 5.91 Å². The monoisotopic (exact) mass is 503 g/mol. The van der Waals surface area contributed by atoms with E-state index in [0.29, 0.717) is 32.1 Å². The minimum Gasteiger partial charge on any atom is -0.377 e. The number of nitrogens with one attached hydrogen (secondary N) is 3. The number of aliphatic imine (C=N–C) groups is 2. The molecule has 194 valence electrons. The number of hydrogen-bond donors (Lipinski definition) is 4. The number of nitrogens with two attached hydrogens (primary N) is 1. The van der Waals surface area contributed by atoms with Gasteiger partial charge in [-0.3, -0.25) is 20.0 Å². The summed E-state index contributed by atoms with van der Waals surface area (Å²) in [6, 6.07) is 9.58. The van der Waals surface area contributed by atoms with Gasteiger partial charge in [0.1, 0.15) is 17.1 Å². The number of nitrogens with zero attached hydrogens (tertiary/aromatic N) is 5. The van der Waals surface area contributed by atoms with Crippen LogP contribution in [-0.4, -0.2) is 76.3 Å². The van der Waals surface area contributed by atoms with Crippen LogP contribution in [0.25, 0.3) is 10.9 Å². The van der Waals surface area contributed by atoms with E-state index in [0.717, 1.165) is 16.5 Å². The van der Waals surface area contributed by atoms with Gasteiger partial charge in [-0.2, -0.15) is 4.99 Å². The third-order valence-electron chi connectivity index (χ3n) is 6.29. The molecule has 1 aromatic heterocycles. The highest BCUT2D eigenvalue weighted by Gasteiger charge is 2.30. The lowest BCUT2D eigenvalue weighted by atomic mass is 10.1. The molecule has 2 aromatic rings. The summed E-state index contributed by atoms with van der Waals surface area (Å²) >= 11 is 0. The summed E-state index contributed by atoms with van der Waals surface area (Å²) in [5.74, 6) is -0.0387. The van der Waals surface area contributed by atoms with Crippen LogP contribution in [0, 0.1) is 5.41 Å². The van der Waals surface area contributed by atoms with Crippen LogP contribution in [0.3, 0.4) is 0 Å². The lowest BCUT2D eigenvalue weighted by molar-refractivity contribution is -0.130. The number of carbonyl (C=O) groups excluding carboxylic acids is 2. The maximum atomic E-state index is 12.4. The highest BCUT2D eigenvalue weighted by molar-refractivity contribution is 6.49. The number of piperazine rings is 1. The molecule has 0 radical (unpaired) electrons. The van der Waals surface area contributed by atoms with Crippen LogP contribution in [-0.2, 0) is 9.59 Å². The van der Waals surface area contributed by atoms with Crippen molar-refractivity contribution >= 4 is 40.2 Å². The average molecular weight is 504 g/mol. The van der Waals surface area contributed by atoms with E-state index in [4.69, 9.17) is 11.1 Å². The maximum absolute atomic E-state index is 12.4. The zero-order chi connectivity index (χ0) is 26.7. The number of hydrogen-bond acceptors (Lipinski definition) is 9. The largest absolute Gasteiger partial charge is 0.377 e. The fraction of sp³-hybridized carbons (Fsp3) is 0.385. The maximum Gasteiger partial charge on any atom is 0.267 e. The molecular formula is C26H33N9O2. The molecule has 3 heterocycles. The number of amides is 2. The molecule has 1 aromatic carbocycles. The Balaban J connectivity index is 1.68. The fourth-order valence-electron chi connectivity index (χ4n) is 4.26. The number of benzene rings is 1. The van der Waals surface area contributed by atoms with Crippen LogP contribution < -0.4 is 16.4 Å². The van der Waals surface area contributed by atoms with E-state index in [2.05, 4.69) is 31.7 Å². The summed E-state index contributed by atoms with van der Waals surface area (Å²) in [4.78, 5) is 41.7. The van der Waals surface area contributed by atoms with Gasteiger partial charge in [-0.05, 0) is 38.5 Å². The SMILES string of the molecule is CC(=O)N1CCN(C2=N/C(=C(/NC(C)C)C(N)=O)C(=N)C(NC(C)c3cnc4ccccc4c3)=N2)CC1. The molecule has 2 aliphatic rings. The molecular weight excluding hydrogens is 470 g/mol. The van der Waals surface area contributed by atoms with Gasteiger partial charge < -0.3 is 26.2 Å². The highest BCUT2D eigenvalue weighted by atomic mass is 16.2. The summed E-state index contributed by atoms with van der Waals surface area (Å²) in [5, 5.41) is 16.2. The van der Waals surface area contributed by atoms with Crippen molar-refractivity contribution in [3.05, 3.63) is 53.5 Å². The molecule has 1 unspecified atom stereocenters. The Hall–Kier alpha value is -4.28. The fourth-order valence-corrected chi connectivity index (χ4v) is 4.26. The summed E-state index contributed by atoms with van der Waals surface area (Å²) < 4.78 is 0. The second-order valence-electron chi connectivity index (χ2n) is 9.45. The Morgan fingerprint density at radius 1 is 1.08 bits per heavy atom. The second kappa shape index (κ2) is 10.8. The Morgan fingerprint density at radius 3 is 2.43 bits per heavy atom. The minimum atomic E-state index is -0.703. The first-order chi connectivity index (χ1) is 17.6. The van der Waals surface area contributed by atoms with Crippen LogP contribution in [0.5, 0.6) is 0 Å². The zero-order valence-corrected chi connectivity index (χ0v) is 21.6. The molecule has 4 rings (SSSR count). The highest BCUT2D eigenvalue weighted by Crippen LogP contribution is 2.21. The van der Waals surface area contributed by atoms with Crippen molar-refractivity contribution in [2.24, 2.45) is 15.7 Å². The first-order valence-electron chi connectivity index (χ1n) is 12.3. The Kier molecular flexibility index (Phi) is 7.51. The predicted octanol–water partition coefficient (Wildman–Crippen LogP) is 1.53. The molecule has 11 heteroatoms. The first-order valence-corrected chi connectivity index (χ1v) is 12.3. The van der Waals surface area contributed by atoms with Crippen molar-refractivity contribution in [2.75, 3.05) is 26.2 Å². The molecule has 37 heavy (non-hydrogen) atoms. The van der Waals surface area contributed by atoms with Crippen molar-refractivity contribution in [3.8, 4) is 0 Å². The number of carbonyl (C=O) groups is 2. The van der Waals surface area contributed by atoms with Gasteiger partial charge in [-0.1, -0.05) is 18.2 Å². The number of rotatable bonds is 5. The summed E-state index contributed by atoms with van der Waals surface area (Å²) in [6.07, 6.45) is 1.80. The summed E-state index contributed by atoms with van der Waals surface area (Å²) in [6.45, 7) is 9.41. The Labute approximate surface area is 216 Å². The van der Waals surface area contributed by atoms with Gasteiger partial charge in [-0.15, -0.1) is 0 Å². The third-order valence-corrected chi connectivity index (χ3v) is 6.29. The minimum absolute atomic E-state index is 0.0217. The number of guanidine groups is 1. The quantitative estimate of drug-likeness (QED) is 0.454. The lowest BCUT2D eigenvalue weighted by Crippen LogP contribution is -2.51. The van der Waals surface area contributed by atoms with Crippen LogP contribution in [0.15, 0.2) is 57.9 Å². The zero-order valence-electron chi connectivity index (χ0n) is 21.6. The number of fused-ring (bicyclic) bond motifs is 1. The van der Waals surface area contributed by atoms with Crippen molar-refractivity contribution in [1.29, 1.82) is 5.41 Å². The van der Waals surface area contributed by atoms with E-state index in [9.17, 15) is 9.59 Å². The lowest BCUT2D eigenvalue weighted by Gasteiger charge is -2.36. The van der Waals surface area contributed by atoms with Gasteiger partial charge in [0.15, 0.2) is 5.84 Å². The smallest absolute Gasteiger partial charge is 0.267 e. The van der Waals surface area contributed by atoms with E-state index >= 15 is 0 Å². The van der Waals surface area contributed by atoms with Crippen LogP contribution in [0.2, 0.25) is 0 Å². The summed E-state index contributed by atoms with van der Waals surface area (Å²) in [5.41, 5.74) is 7.68. The van der Waals surface area contributed by atoms with Crippen LogP contribution in [0.4, 0.5) is 0 Å². The van der Waals surface area contributed by atoms with Crippen molar-refractivity contribution < 1.29 is 9.59 Å². The van der Waals surface area contributed by atoms with E-state index in [1.807, 2.05) is 49.9 Å². The van der Waals surface area contributed by atoms with Gasteiger partial charge in [0, 0.05) is 50.7 Å². The Bertz CT molecular complexity index is 1320. The molecule has 2 amide bonds. The normalized spacial score (nSPS) is 18.4. The molecule has 0 aliphatic carbocycles. The van der Waals surface area contributed by atoms with Gasteiger partial charge in [-0.25, -0.2) is 4.99 Å². The molecule has 5 N–H and O–H groups in total. The van der Waals surface area contributed by atoms with E-state index in [1.54, 1.807) is 18.0 Å². The molecule has 1 saturated heterocycles. The molecule has 2 aliphatic heterocycles. The average Bonchev–Trinajstić information content (AvgIpc) is 2.88. The molecule has 1 atom stereocenters. The van der Waals surface area contributed by atoms with Gasteiger partial charge >= 0.3 is 0 Å². The van der Waals surface area contributed by atoms with Crippen molar-refractivity contribution in [2.45, 2.75) is 39.8 Å². The van der Waals surface area contributed by atoms with Crippen molar-refractivity contribution in [1.82, 2.24) is 25.4 Å². The van der Waals surface area contributed by atoms with Gasteiger partial charge in [0.2, 0.25) is 11.9 Å². The second-order valence-corrected chi connectivity index (χ2v) is 9.45. The molecule has 0 spiro atoms. The molecule has 11 nitrogen and oxygen atoms in total. The topological polar surface area (TPSA) is 152 Å². The molecule has 1 fully saturated rings. The van der Waals surface area contributed by atoms with Crippen molar-refractivity contribution in [3.63, 3.8) is 0 Å². The number of aromatic nitrogens is 1. The van der Waals surface area contributed by atoms with Gasteiger partial charge in [0.05, 0.1) is 11.6 Å². The van der Waals surface area contributed by atoms with E-state index in [1.165, 1.54) is 0 Å². The number of primary amides is 1. The van der Waals surface area contributed by atoms with Crippen LogP contribution >= 0.6 is 0 Å².